The zero-order chi connectivity index (χ0) is 12.3. The maximum Gasteiger partial charge on any atom is 0.243 e. The second kappa shape index (κ2) is 5.18. The van der Waals surface area contributed by atoms with Crippen molar-refractivity contribution < 1.29 is 0 Å². The molecule has 1 atom stereocenters. The highest BCUT2D eigenvalue weighted by Crippen LogP contribution is 2.22. The molecule has 2 heterocycles. The second-order valence-corrected chi connectivity index (χ2v) is 4.71. The van der Waals surface area contributed by atoms with Crippen molar-refractivity contribution in [3.8, 4) is 0 Å². The van der Waals surface area contributed by atoms with Crippen molar-refractivity contribution in [3.05, 3.63) is 28.0 Å². The highest BCUT2D eigenvalue weighted by molar-refractivity contribution is 7.09. The van der Waals surface area contributed by atoms with Crippen LogP contribution in [0.4, 0.5) is 5.95 Å². The molecule has 0 saturated heterocycles. The average Bonchev–Trinajstić information content (AvgIpc) is 2.84. The Kier molecular flexibility index (Phi) is 3.63. The summed E-state index contributed by atoms with van der Waals surface area (Å²) in [5.74, 6) is 0.565. The van der Waals surface area contributed by atoms with Crippen molar-refractivity contribution in [2.24, 2.45) is 0 Å². The summed E-state index contributed by atoms with van der Waals surface area (Å²) in [4.78, 5) is 8.67. The Labute approximate surface area is 104 Å². The number of aryl methyl sites for hydroxylation is 2. The molecule has 0 aliphatic carbocycles. The van der Waals surface area contributed by atoms with E-state index in [0.717, 1.165) is 22.8 Å². The maximum atomic E-state index is 4.36. The highest BCUT2D eigenvalue weighted by Gasteiger charge is 2.13. The number of anilines is 1. The third-order valence-corrected chi connectivity index (χ3v) is 3.44. The normalized spacial score (nSPS) is 12.4. The topological polar surface area (TPSA) is 63.6 Å². The van der Waals surface area contributed by atoms with Gasteiger partial charge in [-0.2, -0.15) is 5.10 Å². The number of hydrogen-bond acceptors (Lipinski definition) is 6. The number of rotatable bonds is 4. The van der Waals surface area contributed by atoms with Crippen LogP contribution in [0, 0.1) is 13.8 Å². The molecule has 0 saturated carbocycles. The standard InChI is InChI=1S/C11H15N5S/c1-4-9(10-12-5-6-17-10)14-11-13-7(2)8(3)15-16-11/h5-6,9H,4H2,1-3H3,(H,13,14,16). The first kappa shape index (κ1) is 11.9. The molecule has 2 rings (SSSR count). The maximum absolute atomic E-state index is 4.36. The molecule has 17 heavy (non-hydrogen) atoms. The third-order valence-electron chi connectivity index (χ3n) is 2.55. The van der Waals surface area contributed by atoms with Crippen molar-refractivity contribution in [2.45, 2.75) is 33.2 Å². The van der Waals surface area contributed by atoms with Crippen molar-refractivity contribution in [3.63, 3.8) is 0 Å². The van der Waals surface area contributed by atoms with Crippen LogP contribution in [0.25, 0.3) is 0 Å². The molecule has 0 aromatic carbocycles. The number of hydrogen-bond donors (Lipinski definition) is 1. The predicted molar refractivity (Wildman–Crippen MR) is 68.1 cm³/mol. The Hall–Kier alpha value is -1.56. The molecule has 2 aromatic rings. The number of aromatic nitrogens is 4. The SMILES string of the molecule is CCC(Nc1nnc(C)c(C)n1)c1nccs1. The molecule has 1 unspecified atom stereocenters. The minimum Gasteiger partial charge on any atom is -0.344 e. The third kappa shape index (κ3) is 2.76. The molecular weight excluding hydrogens is 234 g/mol. The first-order chi connectivity index (χ1) is 8.20. The molecule has 0 radical (unpaired) electrons. The fourth-order valence-electron chi connectivity index (χ4n) is 1.42. The van der Waals surface area contributed by atoms with Gasteiger partial charge in [-0.25, -0.2) is 9.97 Å². The van der Waals surface area contributed by atoms with E-state index in [1.807, 2.05) is 25.4 Å². The Balaban J connectivity index is 2.16. The van der Waals surface area contributed by atoms with Crippen molar-refractivity contribution in [1.82, 2.24) is 20.2 Å². The summed E-state index contributed by atoms with van der Waals surface area (Å²) in [6.45, 7) is 5.93. The Morgan fingerprint density at radius 2 is 2.12 bits per heavy atom. The lowest BCUT2D eigenvalue weighted by molar-refractivity contribution is 0.722. The van der Waals surface area contributed by atoms with Gasteiger partial charge in [0.05, 0.1) is 17.4 Å². The summed E-state index contributed by atoms with van der Waals surface area (Å²) in [6, 6.07) is 0.152. The predicted octanol–water partition coefficient (Wildman–Crippen LogP) is 2.51. The number of nitrogens with zero attached hydrogens (tertiary/aromatic N) is 4. The minimum absolute atomic E-state index is 0.152. The van der Waals surface area contributed by atoms with Crippen LogP contribution in [0.2, 0.25) is 0 Å². The molecule has 5 nitrogen and oxygen atoms in total. The van der Waals surface area contributed by atoms with Gasteiger partial charge < -0.3 is 5.32 Å². The second-order valence-electron chi connectivity index (χ2n) is 3.78. The van der Waals surface area contributed by atoms with Gasteiger partial charge in [0.2, 0.25) is 5.95 Å². The molecule has 1 N–H and O–H groups in total. The summed E-state index contributed by atoms with van der Waals surface area (Å²) >= 11 is 1.63. The molecular formula is C11H15N5S. The molecule has 0 spiro atoms. The molecule has 0 bridgehead atoms. The first-order valence-corrected chi connectivity index (χ1v) is 6.42. The van der Waals surface area contributed by atoms with Gasteiger partial charge in [0.1, 0.15) is 5.01 Å². The number of thiazole rings is 1. The van der Waals surface area contributed by atoms with E-state index in [-0.39, 0.29) is 6.04 Å². The van der Waals surface area contributed by atoms with Crippen molar-refractivity contribution in [1.29, 1.82) is 0 Å². The van der Waals surface area contributed by atoms with Gasteiger partial charge in [-0.15, -0.1) is 16.4 Å². The van der Waals surface area contributed by atoms with Gasteiger partial charge in [-0.1, -0.05) is 6.92 Å². The largest absolute Gasteiger partial charge is 0.344 e. The summed E-state index contributed by atoms with van der Waals surface area (Å²) in [5.41, 5.74) is 1.76. The van der Waals surface area contributed by atoms with Gasteiger partial charge in [-0.05, 0) is 20.3 Å². The van der Waals surface area contributed by atoms with Gasteiger partial charge in [0, 0.05) is 11.6 Å². The van der Waals surface area contributed by atoms with Crippen LogP contribution in [-0.2, 0) is 0 Å². The zero-order valence-corrected chi connectivity index (χ0v) is 11.0. The molecule has 6 heteroatoms. The zero-order valence-electron chi connectivity index (χ0n) is 10.1. The smallest absolute Gasteiger partial charge is 0.243 e. The molecule has 0 aliphatic heterocycles. The van der Waals surface area contributed by atoms with E-state index in [4.69, 9.17) is 0 Å². The van der Waals surface area contributed by atoms with E-state index in [1.165, 1.54) is 0 Å². The molecule has 0 fully saturated rings. The highest BCUT2D eigenvalue weighted by atomic mass is 32.1. The van der Waals surface area contributed by atoms with Crippen LogP contribution in [0.1, 0.15) is 35.8 Å². The van der Waals surface area contributed by atoms with Gasteiger partial charge in [-0.3, -0.25) is 0 Å². The monoisotopic (exact) mass is 249 g/mol. The summed E-state index contributed by atoms with van der Waals surface area (Å²) in [6.07, 6.45) is 2.74. The van der Waals surface area contributed by atoms with E-state index in [2.05, 4.69) is 32.4 Å². The first-order valence-electron chi connectivity index (χ1n) is 5.54. The molecule has 2 aromatic heterocycles. The summed E-state index contributed by atoms with van der Waals surface area (Å²) in [7, 11) is 0. The average molecular weight is 249 g/mol. The molecule has 0 aliphatic rings. The van der Waals surface area contributed by atoms with E-state index >= 15 is 0 Å². The lowest BCUT2D eigenvalue weighted by atomic mass is 10.2. The lowest BCUT2D eigenvalue weighted by Crippen LogP contribution is -2.13. The Bertz CT molecular complexity index is 483. The number of nitrogens with one attached hydrogen (secondary N) is 1. The van der Waals surface area contributed by atoms with Crippen molar-refractivity contribution in [2.75, 3.05) is 5.32 Å². The Morgan fingerprint density at radius 3 is 2.71 bits per heavy atom. The lowest BCUT2D eigenvalue weighted by Gasteiger charge is -2.14. The van der Waals surface area contributed by atoms with Gasteiger partial charge in [0.15, 0.2) is 0 Å². The molecule has 90 valence electrons. The van der Waals surface area contributed by atoms with Crippen molar-refractivity contribution >= 4 is 17.3 Å². The van der Waals surface area contributed by atoms with Crippen LogP contribution in [0.5, 0.6) is 0 Å². The van der Waals surface area contributed by atoms with E-state index in [9.17, 15) is 0 Å². The summed E-state index contributed by atoms with van der Waals surface area (Å²) in [5, 5.41) is 14.4. The summed E-state index contributed by atoms with van der Waals surface area (Å²) < 4.78 is 0. The van der Waals surface area contributed by atoms with Gasteiger partial charge in [0.25, 0.3) is 0 Å². The van der Waals surface area contributed by atoms with Crippen LogP contribution in [0.3, 0.4) is 0 Å². The minimum atomic E-state index is 0.152. The van der Waals surface area contributed by atoms with Crippen LogP contribution in [-0.4, -0.2) is 20.2 Å². The van der Waals surface area contributed by atoms with Crippen LogP contribution in [0.15, 0.2) is 11.6 Å². The quantitative estimate of drug-likeness (QED) is 0.902. The van der Waals surface area contributed by atoms with Crippen LogP contribution < -0.4 is 5.32 Å². The van der Waals surface area contributed by atoms with E-state index in [0.29, 0.717) is 5.95 Å². The van der Waals surface area contributed by atoms with Gasteiger partial charge >= 0.3 is 0 Å². The van der Waals surface area contributed by atoms with Crippen LogP contribution >= 0.6 is 11.3 Å². The Morgan fingerprint density at radius 1 is 1.29 bits per heavy atom. The fraction of sp³-hybridized carbons (Fsp3) is 0.455. The van der Waals surface area contributed by atoms with E-state index in [1.54, 1.807) is 11.3 Å². The molecule has 0 amide bonds. The van der Waals surface area contributed by atoms with E-state index < -0.39 is 0 Å². The fourth-order valence-corrected chi connectivity index (χ4v) is 2.19.